The van der Waals surface area contributed by atoms with Crippen LogP contribution in [-0.4, -0.2) is 17.4 Å². The van der Waals surface area contributed by atoms with Crippen molar-refractivity contribution in [1.82, 2.24) is 10.3 Å². The Labute approximate surface area is 112 Å². The Bertz CT molecular complexity index is 474. The van der Waals surface area contributed by atoms with E-state index in [0.29, 0.717) is 13.0 Å². The minimum atomic E-state index is -0.305. The maximum Gasteiger partial charge on any atom is 0.218 e. The van der Waals surface area contributed by atoms with Crippen molar-refractivity contribution >= 4 is 5.91 Å². The molecule has 2 aromatic rings. The first-order chi connectivity index (χ1) is 9.27. The highest BCUT2D eigenvalue weighted by atomic mass is 16.1. The fourth-order valence-corrected chi connectivity index (χ4v) is 1.93. The highest BCUT2D eigenvalue weighted by Crippen LogP contribution is 2.19. The lowest BCUT2D eigenvalue weighted by atomic mass is 10.0. The predicted octanol–water partition coefficient (Wildman–Crippen LogP) is 1.64. The van der Waals surface area contributed by atoms with E-state index < -0.39 is 0 Å². The standard InChI is InChI=1S/C15H17N3O/c16-14(19)9-11-18-15(12-6-2-1-3-7-12)13-8-4-5-10-17-13/h1-8,10,15,18H,9,11H2,(H2,16,19). The van der Waals surface area contributed by atoms with E-state index in [9.17, 15) is 4.79 Å². The van der Waals surface area contributed by atoms with Crippen molar-refractivity contribution in [3.05, 3.63) is 66.0 Å². The van der Waals surface area contributed by atoms with E-state index in [-0.39, 0.29) is 11.9 Å². The highest BCUT2D eigenvalue weighted by molar-refractivity contribution is 5.73. The second-order valence-corrected chi connectivity index (χ2v) is 4.27. The van der Waals surface area contributed by atoms with Crippen LogP contribution in [0, 0.1) is 0 Å². The SMILES string of the molecule is NC(=O)CCNC(c1ccccc1)c1ccccn1. The fraction of sp³-hybridized carbons (Fsp3) is 0.200. The van der Waals surface area contributed by atoms with Gasteiger partial charge in [-0.1, -0.05) is 36.4 Å². The minimum Gasteiger partial charge on any atom is -0.370 e. The maximum atomic E-state index is 10.8. The molecule has 1 aromatic heterocycles. The third-order valence-corrected chi connectivity index (χ3v) is 2.84. The van der Waals surface area contributed by atoms with E-state index in [1.54, 1.807) is 6.20 Å². The Morgan fingerprint density at radius 2 is 1.89 bits per heavy atom. The number of hydrogen-bond acceptors (Lipinski definition) is 3. The van der Waals surface area contributed by atoms with Crippen molar-refractivity contribution in [1.29, 1.82) is 0 Å². The Balaban J connectivity index is 2.17. The number of benzene rings is 1. The molecule has 1 amide bonds. The van der Waals surface area contributed by atoms with Crippen LogP contribution in [0.25, 0.3) is 0 Å². The molecule has 0 bridgehead atoms. The lowest BCUT2D eigenvalue weighted by molar-refractivity contribution is -0.117. The first-order valence-corrected chi connectivity index (χ1v) is 6.25. The zero-order valence-corrected chi connectivity index (χ0v) is 10.6. The molecule has 1 unspecified atom stereocenters. The van der Waals surface area contributed by atoms with Crippen molar-refractivity contribution < 1.29 is 4.79 Å². The first-order valence-electron chi connectivity index (χ1n) is 6.25. The number of carbonyl (C=O) groups excluding carboxylic acids is 1. The second-order valence-electron chi connectivity index (χ2n) is 4.27. The molecular formula is C15H17N3O. The Hall–Kier alpha value is -2.20. The first kappa shape index (κ1) is 13.2. The van der Waals surface area contributed by atoms with Gasteiger partial charge in [-0.3, -0.25) is 9.78 Å². The van der Waals surface area contributed by atoms with Crippen molar-refractivity contribution in [3.8, 4) is 0 Å². The van der Waals surface area contributed by atoms with Crippen LogP contribution in [-0.2, 0) is 4.79 Å². The molecule has 0 aliphatic carbocycles. The number of nitrogens with zero attached hydrogens (tertiary/aromatic N) is 1. The van der Waals surface area contributed by atoms with E-state index in [1.165, 1.54) is 0 Å². The zero-order valence-electron chi connectivity index (χ0n) is 10.6. The van der Waals surface area contributed by atoms with Crippen LogP contribution in [0.5, 0.6) is 0 Å². The van der Waals surface area contributed by atoms with Gasteiger partial charge in [0.25, 0.3) is 0 Å². The lowest BCUT2D eigenvalue weighted by Gasteiger charge is -2.18. The van der Waals surface area contributed by atoms with Crippen LogP contribution in [0.3, 0.4) is 0 Å². The molecule has 1 atom stereocenters. The van der Waals surface area contributed by atoms with Crippen molar-refractivity contribution in [2.45, 2.75) is 12.5 Å². The molecule has 4 nitrogen and oxygen atoms in total. The van der Waals surface area contributed by atoms with Crippen molar-refractivity contribution in [2.75, 3.05) is 6.54 Å². The predicted molar refractivity (Wildman–Crippen MR) is 74.3 cm³/mol. The minimum absolute atomic E-state index is 0.0262. The molecule has 0 saturated heterocycles. The summed E-state index contributed by atoms with van der Waals surface area (Å²) in [5.74, 6) is -0.305. The maximum absolute atomic E-state index is 10.8. The van der Waals surface area contributed by atoms with E-state index in [4.69, 9.17) is 5.73 Å². The Morgan fingerprint density at radius 1 is 1.16 bits per heavy atom. The number of nitrogens with one attached hydrogen (secondary N) is 1. The molecule has 1 heterocycles. The van der Waals surface area contributed by atoms with Crippen LogP contribution >= 0.6 is 0 Å². The monoisotopic (exact) mass is 255 g/mol. The molecule has 98 valence electrons. The number of primary amides is 1. The van der Waals surface area contributed by atoms with Crippen LogP contribution in [0.15, 0.2) is 54.7 Å². The number of amides is 1. The Morgan fingerprint density at radius 3 is 2.53 bits per heavy atom. The van der Waals surface area contributed by atoms with Crippen LogP contribution < -0.4 is 11.1 Å². The molecule has 19 heavy (non-hydrogen) atoms. The summed E-state index contributed by atoms with van der Waals surface area (Å²) in [5, 5.41) is 3.32. The molecule has 2 rings (SSSR count). The van der Waals surface area contributed by atoms with Gasteiger partial charge in [0, 0.05) is 19.2 Å². The molecule has 0 radical (unpaired) electrons. The summed E-state index contributed by atoms with van der Waals surface area (Å²) >= 11 is 0. The summed E-state index contributed by atoms with van der Waals surface area (Å²) in [6.45, 7) is 0.533. The molecule has 0 spiro atoms. The second kappa shape index (κ2) is 6.66. The fourth-order valence-electron chi connectivity index (χ4n) is 1.93. The van der Waals surface area contributed by atoms with E-state index in [1.807, 2.05) is 48.5 Å². The van der Waals surface area contributed by atoms with E-state index in [2.05, 4.69) is 10.3 Å². The van der Waals surface area contributed by atoms with Gasteiger partial charge in [0.05, 0.1) is 11.7 Å². The molecule has 1 aromatic carbocycles. The summed E-state index contributed by atoms with van der Waals surface area (Å²) in [6, 6.07) is 15.8. The number of carbonyl (C=O) groups is 1. The van der Waals surface area contributed by atoms with Gasteiger partial charge in [-0.25, -0.2) is 0 Å². The summed E-state index contributed by atoms with van der Waals surface area (Å²) in [4.78, 5) is 15.2. The summed E-state index contributed by atoms with van der Waals surface area (Å²) in [5.41, 5.74) is 7.21. The largest absolute Gasteiger partial charge is 0.370 e. The van der Waals surface area contributed by atoms with E-state index in [0.717, 1.165) is 11.3 Å². The van der Waals surface area contributed by atoms with Gasteiger partial charge in [0.1, 0.15) is 0 Å². The van der Waals surface area contributed by atoms with Crippen LogP contribution in [0.1, 0.15) is 23.7 Å². The lowest BCUT2D eigenvalue weighted by Crippen LogP contribution is -2.27. The van der Waals surface area contributed by atoms with Gasteiger partial charge < -0.3 is 11.1 Å². The van der Waals surface area contributed by atoms with Crippen molar-refractivity contribution in [2.24, 2.45) is 5.73 Å². The number of pyridine rings is 1. The zero-order chi connectivity index (χ0) is 13.5. The van der Waals surface area contributed by atoms with Crippen molar-refractivity contribution in [3.63, 3.8) is 0 Å². The summed E-state index contributed by atoms with van der Waals surface area (Å²) in [6.07, 6.45) is 2.08. The van der Waals surface area contributed by atoms with Gasteiger partial charge in [-0.2, -0.15) is 0 Å². The number of aromatic nitrogens is 1. The van der Waals surface area contributed by atoms with Gasteiger partial charge in [-0.05, 0) is 17.7 Å². The van der Waals surface area contributed by atoms with Crippen LogP contribution in [0.2, 0.25) is 0 Å². The van der Waals surface area contributed by atoms with Crippen LogP contribution in [0.4, 0.5) is 0 Å². The number of nitrogens with two attached hydrogens (primary N) is 1. The normalized spacial score (nSPS) is 12.0. The Kier molecular flexibility index (Phi) is 4.64. The third-order valence-electron chi connectivity index (χ3n) is 2.84. The average Bonchev–Trinajstić information content (AvgIpc) is 2.45. The molecule has 0 saturated carbocycles. The molecule has 4 heteroatoms. The highest BCUT2D eigenvalue weighted by Gasteiger charge is 2.14. The van der Waals surface area contributed by atoms with E-state index >= 15 is 0 Å². The van der Waals surface area contributed by atoms with Gasteiger partial charge in [0.2, 0.25) is 5.91 Å². The molecule has 0 fully saturated rings. The summed E-state index contributed by atoms with van der Waals surface area (Å²) < 4.78 is 0. The molecular weight excluding hydrogens is 238 g/mol. The van der Waals surface area contributed by atoms with Gasteiger partial charge in [0.15, 0.2) is 0 Å². The number of rotatable bonds is 6. The van der Waals surface area contributed by atoms with Gasteiger partial charge >= 0.3 is 0 Å². The quantitative estimate of drug-likeness (QED) is 0.824. The van der Waals surface area contributed by atoms with Gasteiger partial charge in [-0.15, -0.1) is 0 Å². The average molecular weight is 255 g/mol. The third kappa shape index (κ3) is 3.89. The molecule has 0 aliphatic rings. The smallest absolute Gasteiger partial charge is 0.218 e. The number of hydrogen-bond donors (Lipinski definition) is 2. The summed E-state index contributed by atoms with van der Waals surface area (Å²) in [7, 11) is 0. The molecule has 0 aliphatic heterocycles. The topological polar surface area (TPSA) is 68.0 Å². The molecule has 3 N–H and O–H groups in total.